The number of amides is 1. The number of hydrogen-bond donors (Lipinski definition) is 1. The van der Waals surface area contributed by atoms with Gasteiger partial charge in [-0.2, -0.15) is 5.26 Å². The summed E-state index contributed by atoms with van der Waals surface area (Å²) in [6, 6.07) is 9.24. The van der Waals surface area contributed by atoms with Crippen molar-refractivity contribution in [1.82, 2.24) is 5.32 Å². The van der Waals surface area contributed by atoms with E-state index in [0.717, 1.165) is 5.56 Å². The second-order valence-electron chi connectivity index (χ2n) is 4.33. The maximum Gasteiger partial charge on any atom is 0.338 e. The first kappa shape index (κ1) is 14.6. The number of carbonyl (C=O) groups is 2. The number of nitrogens with one attached hydrogen (secondary N) is 1. The zero-order chi connectivity index (χ0) is 15.1. The fraction of sp³-hybridized carbons (Fsp3) is 0.267. The molecule has 6 heteroatoms. The minimum absolute atomic E-state index is 0.117. The predicted octanol–water partition coefficient (Wildman–Crippen LogP) is 1.04. The van der Waals surface area contributed by atoms with Gasteiger partial charge in [0.2, 0.25) is 0 Å². The number of ether oxygens (including phenoxy) is 2. The minimum Gasteiger partial charge on any atom is -0.488 e. The first-order valence-electron chi connectivity index (χ1n) is 6.44. The molecule has 0 bridgehead atoms. The van der Waals surface area contributed by atoms with Gasteiger partial charge in [0.1, 0.15) is 12.4 Å². The number of carbonyl (C=O) groups excluding carboxylic acids is 2. The number of rotatable bonds is 5. The lowest BCUT2D eigenvalue weighted by Gasteiger charge is -2.16. The maximum atomic E-state index is 11.8. The van der Waals surface area contributed by atoms with Crippen LogP contribution in [0, 0.1) is 11.3 Å². The highest BCUT2D eigenvalue weighted by Gasteiger charge is 2.18. The zero-order valence-electron chi connectivity index (χ0n) is 11.3. The highest BCUT2D eigenvalue weighted by Crippen LogP contribution is 2.25. The van der Waals surface area contributed by atoms with Crippen LogP contribution >= 0.6 is 0 Å². The van der Waals surface area contributed by atoms with Crippen molar-refractivity contribution in [2.24, 2.45) is 0 Å². The Morgan fingerprint density at radius 2 is 2.19 bits per heavy atom. The summed E-state index contributed by atoms with van der Waals surface area (Å²) in [6.45, 7) is -0.0127. The van der Waals surface area contributed by atoms with Crippen LogP contribution in [-0.4, -0.2) is 31.6 Å². The largest absolute Gasteiger partial charge is 0.488 e. The van der Waals surface area contributed by atoms with E-state index >= 15 is 0 Å². The summed E-state index contributed by atoms with van der Waals surface area (Å²) in [7, 11) is 0. The van der Waals surface area contributed by atoms with Crippen molar-refractivity contribution in [3.63, 3.8) is 0 Å². The summed E-state index contributed by atoms with van der Waals surface area (Å²) in [4.78, 5) is 23.2. The summed E-state index contributed by atoms with van der Waals surface area (Å²) in [6.07, 6.45) is 1.91. The molecule has 0 saturated heterocycles. The van der Waals surface area contributed by atoms with E-state index in [1.165, 1.54) is 0 Å². The van der Waals surface area contributed by atoms with Gasteiger partial charge in [-0.25, -0.2) is 4.79 Å². The molecule has 21 heavy (non-hydrogen) atoms. The van der Waals surface area contributed by atoms with Crippen LogP contribution in [0.1, 0.15) is 12.0 Å². The van der Waals surface area contributed by atoms with Crippen molar-refractivity contribution >= 4 is 18.0 Å². The van der Waals surface area contributed by atoms with E-state index < -0.39 is 11.9 Å². The molecule has 0 aliphatic carbocycles. The SMILES string of the molecule is N#CCCNC(=O)COC(=O)C1=Cc2ccccc2OC1. The molecular weight excluding hydrogens is 272 g/mol. The fourth-order valence-corrected chi connectivity index (χ4v) is 1.77. The monoisotopic (exact) mass is 286 g/mol. The molecular formula is C15H14N2O4. The molecule has 0 saturated carbocycles. The van der Waals surface area contributed by atoms with E-state index in [2.05, 4.69) is 5.32 Å². The van der Waals surface area contributed by atoms with E-state index in [-0.39, 0.29) is 26.2 Å². The molecule has 1 amide bonds. The van der Waals surface area contributed by atoms with E-state index in [1.54, 1.807) is 6.08 Å². The Hall–Kier alpha value is -2.81. The number of nitrogens with zero attached hydrogens (tertiary/aromatic N) is 1. The first-order valence-corrected chi connectivity index (χ1v) is 6.44. The highest BCUT2D eigenvalue weighted by molar-refractivity contribution is 5.96. The Labute approximate surface area is 122 Å². The van der Waals surface area contributed by atoms with Gasteiger partial charge in [0.25, 0.3) is 5.91 Å². The predicted molar refractivity (Wildman–Crippen MR) is 74.1 cm³/mol. The molecule has 0 radical (unpaired) electrons. The van der Waals surface area contributed by atoms with E-state index in [1.807, 2.05) is 30.3 Å². The Bertz CT molecular complexity index is 616. The van der Waals surface area contributed by atoms with E-state index in [0.29, 0.717) is 11.3 Å². The van der Waals surface area contributed by atoms with Crippen LogP contribution in [0.4, 0.5) is 0 Å². The quantitative estimate of drug-likeness (QED) is 0.645. The maximum absolute atomic E-state index is 11.8. The van der Waals surface area contributed by atoms with Crippen molar-refractivity contribution in [3.8, 4) is 11.8 Å². The molecule has 0 unspecified atom stereocenters. The van der Waals surface area contributed by atoms with Crippen LogP contribution in [0.3, 0.4) is 0 Å². The van der Waals surface area contributed by atoms with E-state index in [4.69, 9.17) is 14.7 Å². The van der Waals surface area contributed by atoms with Crippen molar-refractivity contribution in [2.75, 3.05) is 19.8 Å². The molecule has 1 aromatic carbocycles. The molecule has 0 atom stereocenters. The average Bonchev–Trinajstić information content (AvgIpc) is 2.52. The van der Waals surface area contributed by atoms with Gasteiger partial charge in [-0.3, -0.25) is 4.79 Å². The summed E-state index contributed by atoms with van der Waals surface area (Å²) in [5.74, 6) is -0.306. The summed E-state index contributed by atoms with van der Waals surface area (Å²) >= 11 is 0. The lowest BCUT2D eigenvalue weighted by atomic mass is 10.1. The van der Waals surface area contributed by atoms with E-state index in [9.17, 15) is 9.59 Å². The van der Waals surface area contributed by atoms with Crippen LogP contribution in [0.5, 0.6) is 5.75 Å². The second-order valence-corrected chi connectivity index (χ2v) is 4.33. The lowest BCUT2D eigenvalue weighted by Crippen LogP contribution is -2.30. The van der Waals surface area contributed by atoms with Crippen LogP contribution in [0.15, 0.2) is 29.8 Å². The zero-order valence-corrected chi connectivity index (χ0v) is 11.3. The highest BCUT2D eigenvalue weighted by atomic mass is 16.5. The van der Waals surface area contributed by atoms with Gasteiger partial charge in [0.15, 0.2) is 6.61 Å². The molecule has 1 aliphatic heterocycles. The molecule has 0 spiro atoms. The molecule has 6 nitrogen and oxygen atoms in total. The normalized spacial score (nSPS) is 12.2. The molecule has 108 valence electrons. The minimum atomic E-state index is -0.583. The van der Waals surface area contributed by atoms with Gasteiger partial charge in [0, 0.05) is 12.1 Å². The first-order chi connectivity index (χ1) is 10.2. The van der Waals surface area contributed by atoms with Crippen LogP contribution < -0.4 is 10.1 Å². The Morgan fingerprint density at radius 1 is 1.38 bits per heavy atom. The third kappa shape index (κ3) is 4.08. The van der Waals surface area contributed by atoms with Crippen molar-refractivity contribution in [3.05, 3.63) is 35.4 Å². The van der Waals surface area contributed by atoms with Gasteiger partial charge >= 0.3 is 5.97 Å². The summed E-state index contributed by atoms with van der Waals surface area (Å²) in [5, 5.41) is 10.8. The van der Waals surface area contributed by atoms with Gasteiger partial charge in [-0.05, 0) is 12.1 Å². The van der Waals surface area contributed by atoms with Gasteiger partial charge < -0.3 is 14.8 Å². The smallest absolute Gasteiger partial charge is 0.338 e. The van der Waals surface area contributed by atoms with Crippen LogP contribution in [0.2, 0.25) is 0 Å². The third-order valence-corrected chi connectivity index (χ3v) is 2.79. The number of nitriles is 1. The van der Waals surface area contributed by atoms with Crippen LogP contribution in [-0.2, 0) is 14.3 Å². The number of benzene rings is 1. The second kappa shape index (κ2) is 7.10. The molecule has 1 aliphatic rings. The Kier molecular flexibility index (Phi) is 4.94. The molecule has 2 rings (SSSR count). The summed E-state index contributed by atoms with van der Waals surface area (Å²) in [5.41, 5.74) is 1.16. The van der Waals surface area contributed by atoms with Gasteiger partial charge in [0.05, 0.1) is 18.1 Å². The fourth-order valence-electron chi connectivity index (χ4n) is 1.77. The summed E-state index contributed by atoms with van der Waals surface area (Å²) < 4.78 is 10.3. The van der Waals surface area contributed by atoms with Gasteiger partial charge in [-0.1, -0.05) is 18.2 Å². The number of fused-ring (bicyclic) bond motifs is 1. The number of hydrogen-bond acceptors (Lipinski definition) is 5. The molecule has 0 fully saturated rings. The van der Waals surface area contributed by atoms with Crippen molar-refractivity contribution < 1.29 is 19.1 Å². The topological polar surface area (TPSA) is 88.4 Å². The van der Waals surface area contributed by atoms with Crippen LogP contribution in [0.25, 0.3) is 6.08 Å². The molecule has 0 aromatic heterocycles. The molecule has 1 heterocycles. The number of esters is 1. The average molecular weight is 286 g/mol. The standard InChI is InChI=1S/C15H14N2O4/c16-6-3-7-17-14(18)10-21-15(19)12-8-11-4-1-2-5-13(11)20-9-12/h1-2,4-5,8H,3,7,9-10H2,(H,17,18). The Morgan fingerprint density at radius 3 is 3.00 bits per heavy atom. The molecule has 1 aromatic rings. The number of para-hydroxylation sites is 1. The molecule has 1 N–H and O–H groups in total. The van der Waals surface area contributed by atoms with Crippen molar-refractivity contribution in [1.29, 1.82) is 5.26 Å². The third-order valence-electron chi connectivity index (χ3n) is 2.79. The Balaban J connectivity index is 1.86. The van der Waals surface area contributed by atoms with Crippen molar-refractivity contribution in [2.45, 2.75) is 6.42 Å². The lowest BCUT2D eigenvalue weighted by molar-refractivity contribution is -0.145. The van der Waals surface area contributed by atoms with Gasteiger partial charge in [-0.15, -0.1) is 0 Å².